The molecule has 1 aliphatic heterocycles. The highest BCUT2D eigenvalue weighted by molar-refractivity contribution is 5.95. The summed E-state index contributed by atoms with van der Waals surface area (Å²) in [7, 11) is 0. The lowest BCUT2D eigenvalue weighted by atomic mass is 10.0. The van der Waals surface area contributed by atoms with Gasteiger partial charge >= 0.3 is 0 Å². The number of nitrogens with one attached hydrogen (secondary N) is 1. The Morgan fingerprint density at radius 1 is 1.09 bits per heavy atom. The van der Waals surface area contributed by atoms with Crippen molar-refractivity contribution in [1.29, 1.82) is 5.41 Å². The summed E-state index contributed by atoms with van der Waals surface area (Å²) in [6.07, 6.45) is 11.7. The molecule has 4 rings (SSSR count). The Morgan fingerprint density at radius 3 is 2.74 bits per heavy atom. The quantitative estimate of drug-likeness (QED) is 0.915. The van der Waals surface area contributed by atoms with E-state index in [1.54, 1.807) is 0 Å². The molecule has 0 bridgehead atoms. The van der Waals surface area contributed by atoms with Crippen LogP contribution < -0.4 is 0 Å². The zero-order chi connectivity index (χ0) is 15.6. The molecule has 1 aromatic carbocycles. The molecular weight excluding hydrogens is 284 g/mol. The van der Waals surface area contributed by atoms with E-state index < -0.39 is 0 Å². The lowest BCUT2D eigenvalue weighted by Gasteiger charge is -2.36. The van der Waals surface area contributed by atoms with Crippen molar-refractivity contribution in [2.75, 3.05) is 13.1 Å². The summed E-state index contributed by atoms with van der Waals surface area (Å²) < 4.78 is 6.41. The van der Waals surface area contributed by atoms with Crippen molar-refractivity contribution in [3.63, 3.8) is 0 Å². The van der Waals surface area contributed by atoms with Crippen LogP contribution in [0.2, 0.25) is 0 Å². The monoisotopic (exact) mass is 308 g/mol. The highest BCUT2D eigenvalue weighted by Gasteiger charge is 2.38. The fraction of sp³-hybridized carbons (Fsp3) is 0.450. The molecule has 0 aromatic heterocycles. The normalized spacial score (nSPS) is 27.7. The van der Waals surface area contributed by atoms with Crippen LogP contribution in [-0.4, -0.2) is 29.7 Å². The summed E-state index contributed by atoms with van der Waals surface area (Å²) in [5.41, 5.74) is 3.38. The second kappa shape index (κ2) is 6.32. The highest BCUT2D eigenvalue weighted by atomic mass is 16.5. The summed E-state index contributed by atoms with van der Waals surface area (Å²) in [5, 5.41) is 7.87. The van der Waals surface area contributed by atoms with Gasteiger partial charge in [0.05, 0.1) is 6.04 Å². The van der Waals surface area contributed by atoms with E-state index in [1.165, 1.54) is 43.5 Å². The van der Waals surface area contributed by atoms with Crippen LogP contribution in [-0.2, 0) is 11.2 Å². The van der Waals surface area contributed by atoms with Gasteiger partial charge in [0, 0.05) is 18.2 Å². The molecule has 1 aromatic rings. The van der Waals surface area contributed by atoms with Gasteiger partial charge < -0.3 is 10.1 Å². The Hall–Kier alpha value is -1.87. The molecule has 2 atom stereocenters. The first-order valence-electron chi connectivity index (χ1n) is 8.75. The maximum absolute atomic E-state index is 7.87. The van der Waals surface area contributed by atoms with Gasteiger partial charge in [0.25, 0.3) is 0 Å². The lowest BCUT2D eigenvalue weighted by molar-refractivity contribution is 0.0283. The van der Waals surface area contributed by atoms with Crippen LogP contribution in [0.25, 0.3) is 0 Å². The van der Waals surface area contributed by atoms with Gasteiger partial charge in [-0.15, -0.1) is 0 Å². The van der Waals surface area contributed by atoms with Gasteiger partial charge in [0.1, 0.15) is 11.9 Å². The molecular formula is C20H24N2O. The molecule has 23 heavy (non-hydrogen) atoms. The standard InChI is InChI=1S/C20H24N2O/c21-16-8-6-9-17(14-16)23-20-18-10-3-2-7-15(18)13-19(20)22-11-4-1-5-12-22/h2-3,6-7,9-10,14,19-21H,1,4-5,8,11-13H2. The average molecular weight is 308 g/mol. The average Bonchev–Trinajstić information content (AvgIpc) is 2.95. The van der Waals surface area contributed by atoms with E-state index >= 15 is 0 Å². The number of fused-ring (bicyclic) bond motifs is 1. The first-order chi connectivity index (χ1) is 11.3. The number of benzene rings is 1. The molecule has 3 heteroatoms. The van der Waals surface area contributed by atoms with E-state index in [0.29, 0.717) is 18.2 Å². The number of piperidine rings is 1. The van der Waals surface area contributed by atoms with Gasteiger partial charge in [-0.3, -0.25) is 4.90 Å². The van der Waals surface area contributed by atoms with Crippen molar-refractivity contribution in [3.8, 4) is 0 Å². The maximum Gasteiger partial charge on any atom is 0.140 e. The maximum atomic E-state index is 7.87. The predicted molar refractivity (Wildman–Crippen MR) is 92.8 cm³/mol. The number of nitrogens with zero attached hydrogens (tertiary/aromatic N) is 1. The zero-order valence-electron chi connectivity index (χ0n) is 13.5. The van der Waals surface area contributed by atoms with Crippen molar-refractivity contribution in [2.45, 2.75) is 44.2 Å². The summed E-state index contributed by atoms with van der Waals surface area (Å²) in [5.74, 6) is 0.838. The first kappa shape index (κ1) is 14.7. The lowest BCUT2D eigenvalue weighted by Crippen LogP contribution is -2.42. The van der Waals surface area contributed by atoms with Crippen molar-refractivity contribution in [3.05, 3.63) is 59.4 Å². The van der Waals surface area contributed by atoms with E-state index in [9.17, 15) is 0 Å². The molecule has 0 spiro atoms. The van der Waals surface area contributed by atoms with Crippen LogP contribution >= 0.6 is 0 Å². The van der Waals surface area contributed by atoms with Crippen molar-refractivity contribution >= 4 is 5.71 Å². The van der Waals surface area contributed by atoms with E-state index in [4.69, 9.17) is 10.1 Å². The topological polar surface area (TPSA) is 36.3 Å². The highest BCUT2D eigenvalue weighted by Crippen LogP contribution is 2.39. The molecule has 1 heterocycles. The van der Waals surface area contributed by atoms with Crippen LogP contribution in [0.15, 0.2) is 48.3 Å². The molecule has 0 radical (unpaired) electrons. The van der Waals surface area contributed by atoms with Crippen LogP contribution in [0.4, 0.5) is 0 Å². The predicted octanol–water partition coefficient (Wildman–Crippen LogP) is 4.02. The SMILES string of the molecule is N=C1C=C(OC2c3ccccc3CC2N2CCCCC2)C=CC1. The summed E-state index contributed by atoms with van der Waals surface area (Å²) >= 11 is 0. The van der Waals surface area contributed by atoms with Crippen LogP contribution in [0, 0.1) is 5.41 Å². The molecule has 1 N–H and O–H groups in total. The Kier molecular flexibility index (Phi) is 4.04. The van der Waals surface area contributed by atoms with Crippen molar-refractivity contribution < 1.29 is 4.74 Å². The van der Waals surface area contributed by atoms with Crippen LogP contribution in [0.3, 0.4) is 0 Å². The van der Waals surface area contributed by atoms with E-state index in [0.717, 1.165) is 12.2 Å². The molecule has 0 saturated carbocycles. The largest absolute Gasteiger partial charge is 0.484 e. The Morgan fingerprint density at radius 2 is 1.91 bits per heavy atom. The zero-order valence-corrected chi connectivity index (χ0v) is 13.5. The first-order valence-corrected chi connectivity index (χ1v) is 8.75. The molecule has 0 amide bonds. The molecule has 1 saturated heterocycles. The Bertz CT molecular complexity index is 655. The third-order valence-electron chi connectivity index (χ3n) is 5.20. The number of hydrogen-bond donors (Lipinski definition) is 1. The minimum Gasteiger partial charge on any atom is -0.484 e. The smallest absolute Gasteiger partial charge is 0.140 e. The number of rotatable bonds is 3. The van der Waals surface area contributed by atoms with Gasteiger partial charge in [-0.1, -0.05) is 36.8 Å². The number of hydrogen-bond acceptors (Lipinski definition) is 3. The number of ether oxygens (including phenoxy) is 1. The van der Waals surface area contributed by atoms with Crippen molar-refractivity contribution in [1.82, 2.24) is 4.90 Å². The van der Waals surface area contributed by atoms with Gasteiger partial charge in [-0.05, 0) is 49.6 Å². The number of allylic oxidation sites excluding steroid dienone is 3. The molecule has 2 aliphatic carbocycles. The molecule has 1 fully saturated rings. The van der Waals surface area contributed by atoms with Gasteiger partial charge in [-0.2, -0.15) is 0 Å². The van der Waals surface area contributed by atoms with E-state index in [1.807, 2.05) is 18.2 Å². The van der Waals surface area contributed by atoms with E-state index in [-0.39, 0.29) is 6.10 Å². The third-order valence-corrected chi connectivity index (χ3v) is 5.20. The van der Waals surface area contributed by atoms with Gasteiger partial charge in [-0.25, -0.2) is 0 Å². The van der Waals surface area contributed by atoms with Crippen LogP contribution in [0.5, 0.6) is 0 Å². The summed E-state index contributed by atoms with van der Waals surface area (Å²) in [6, 6.07) is 9.12. The Labute approximate surface area is 138 Å². The molecule has 3 nitrogen and oxygen atoms in total. The fourth-order valence-corrected chi connectivity index (χ4v) is 4.05. The third kappa shape index (κ3) is 2.98. The summed E-state index contributed by atoms with van der Waals surface area (Å²) in [6.45, 7) is 2.37. The van der Waals surface area contributed by atoms with Gasteiger partial charge in [0.2, 0.25) is 0 Å². The fourth-order valence-electron chi connectivity index (χ4n) is 4.05. The summed E-state index contributed by atoms with van der Waals surface area (Å²) in [4.78, 5) is 2.62. The molecule has 2 unspecified atom stereocenters. The number of likely N-dealkylation sites (tertiary alicyclic amines) is 1. The van der Waals surface area contributed by atoms with Crippen LogP contribution in [0.1, 0.15) is 42.9 Å². The van der Waals surface area contributed by atoms with Gasteiger partial charge in [0.15, 0.2) is 0 Å². The second-order valence-corrected chi connectivity index (χ2v) is 6.78. The van der Waals surface area contributed by atoms with E-state index in [2.05, 4.69) is 29.2 Å². The minimum absolute atomic E-state index is 0.0890. The molecule has 3 aliphatic rings. The van der Waals surface area contributed by atoms with Crippen molar-refractivity contribution in [2.24, 2.45) is 0 Å². The Balaban J connectivity index is 1.61. The molecule has 120 valence electrons. The second-order valence-electron chi connectivity index (χ2n) is 6.78. The minimum atomic E-state index is 0.0890.